The Hall–Kier alpha value is -2.86. The van der Waals surface area contributed by atoms with E-state index in [9.17, 15) is 0 Å². The van der Waals surface area contributed by atoms with E-state index in [0.29, 0.717) is 0 Å². The van der Waals surface area contributed by atoms with Crippen LogP contribution in [0.4, 0.5) is 0 Å². The van der Waals surface area contributed by atoms with Crippen LogP contribution in [0.25, 0.3) is 5.57 Å². The maximum absolute atomic E-state index is 2.28. The summed E-state index contributed by atoms with van der Waals surface area (Å²) in [6.07, 6.45) is 7.65. The lowest BCUT2D eigenvalue weighted by atomic mass is 9.81. The Balaban J connectivity index is 1.89. The molecule has 3 aromatic rings. The van der Waals surface area contributed by atoms with Crippen LogP contribution in [0.15, 0.2) is 103 Å². The van der Waals surface area contributed by atoms with E-state index < -0.39 is 0 Å². The highest BCUT2D eigenvalue weighted by atomic mass is 14.2. The van der Waals surface area contributed by atoms with Crippen molar-refractivity contribution in [3.8, 4) is 0 Å². The van der Waals surface area contributed by atoms with Gasteiger partial charge in [-0.1, -0.05) is 103 Å². The van der Waals surface area contributed by atoms with Gasteiger partial charge in [0.25, 0.3) is 0 Å². The van der Waals surface area contributed by atoms with Crippen LogP contribution in [0.5, 0.6) is 0 Å². The smallest absolute Gasteiger partial charge is 0.0346 e. The SMILES string of the molecule is C1=CCC(c2ccccc2C(c2ccccc2)c2ccccc2)=C1. The van der Waals surface area contributed by atoms with Gasteiger partial charge in [0.15, 0.2) is 0 Å². The van der Waals surface area contributed by atoms with Gasteiger partial charge < -0.3 is 0 Å². The number of hydrogen-bond acceptors (Lipinski definition) is 0. The summed E-state index contributed by atoms with van der Waals surface area (Å²) in [5.74, 6) is 0.255. The largest absolute Gasteiger partial charge is 0.0801 e. The zero-order valence-electron chi connectivity index (χ0n) is 13.6. The van der Waals surface area contributed by atoms with Gasteiger partial charge in [0.2, 0.25) is 0 Å². The molecule has 116 valence electrons. The third-order valence-electron chi connectivity index (χ3n) is 4.65. The van der Waals surface area contributed by atoms with E-state index >= 15 is 0 Å². The second kappa shape index (κ2) is 6.72. The van der Waals surface area contributed by atoms with E-state index in [1.165, 1.54) is 27.8 Å². The third kappa shape index (κ3) is 2.83. The molecular weight excluding hydrogens is 288 g/mol. The zero-order valence-corrected chi connectivity index (χ0v) is 13.6. The van der Waals surface area contributed by atoms with Crippen molar-refractivity contribution in [2.45, 2.75) is 12.3 Å². The van der Waals surface area contributed by atoms with E-state index in [2.05, 4.69) is 103 Å². The van der Waals surface area contributed by atoms with Gasteiger partial charge in [0.1, 0.15) is 0 Å². The number of allylic oxidation sites excluding steroid dienone is 4. The lowest BCUT2D eigenvalue weighted by Gasteiger charge is -2.22. The molecule has 0 bridgehead atoms. The van der Waals surface area contributed by atoms with Crippen molar-refractivity contribution in [3.63, 3.8) is 0 Å². The van der Waals surface area contributed by atoms with Crippen molar-refractivity contribution < 1.29 is 0 Å². The summed E-state index contributed by atoms with van der Waals surface area (Å²) in [5, 5.41) is 0. The summed E-state index contributed by atoms with van der Waals surface area (Å²) in [5.41, 5.74) is 6.82. The molecule has 3 aromatic carbocycles. The Kier molecular flexibility index (Phi) is 4.12. The molecule has 0 unspecified atom stereocenters. The number of benzene rings is 3. The molecule has 0 saturated carbocycles. The van der Waals surface area contributed by atoms with Crippen LogP contribution in [0.1, 0.15) is 34.6 Å². The van der Waals surface area contributed by atoms with Crippen LogP contribution in [-0.4, -0.2) is 0 Å². The molecule has 1 aliphatic carbocycles. The highest BCUT2D eigenvalue weighted by molar-refractivity contribution is 5.74. The molecule has 0 amide bonds. The third-order valence-corrected chi connectivity index (χ3v) is 4.65. The molecule has 0 aliphatic heterocycles. The van der Waals surface area contributed by atoms with E-state index in [1.54, 1.807) is 0 Å². The van der Waals surface area contributed by atoms with Gasteiger partial charge >= 0.3 is 0 Å². The maximum atomic E-state index is 2.28. The summed E-state index contributed by atoms with van der Waals surface area (Å²) in [6.45, 7) is 0. The second-order valence-corrected chi connectivity index (χ2v) is 6.17. The highest BCUT2D eigenvalue weighted by Gasteiger charge is 2.20. The lowest BCUT2D eigenvalue weighted by molar-refractivity contribution is 0.970. The Morgan fingerprint density at radius 1 is 0.625 bits per heavy atom. The molecule has 0 saturated heterocycles. The molecule has 0 N–H and O–H groups in total. The van der Waals surface area contributed by atoms with Gasteiger partial charge in [-0.25, -0.2) is 0 Å². The standard InChI is InChI=1S/C24H20/c1-3-13-20(14-4-1)24(21-15-5-2-6-16-21)23-18-10-9-17-22(23)19-11-7-8-12-19/h1-11,13-18,24H,12H2. The van der Waals surface area contributed by atoms with Crippen molar-refractivity contribution in [2.24, 2.45) is 0 Å². The van der Waals surface area contributed by atoms with E-state index in [0.717, 1.165) is 6.42 Å². The molecule has 0 aromatic heterocycles. The minimum Gasteiger partial charge on any atom is -0.0801 e. The van der Waals surface area contributed by atoms with Crippen LogP contribution in [-0.2, 0) is 0 Å². The molecule has 0 radical (unpaired) electrons. The van der Waals surface area contributed by atoms with Crippen molar-refractivity contribution >= 4 is 5.57 Å². The molecule has 0 spiro atoms. The van der Waals surface area contributed by atoms with Crippen LogP contribution in [0.2, 0.25) is 0 Å². The summed E-state index contributed by atoms with van der Waals surface area (Å²) in [6, 6.07) is 30.4. The minimum atomic E-state index is 0.255. The molecule has 0 fully saturated rings. The lowest BCUT2D eigenvalue weighted by Crippen LogP contribution is -2.06. The predicted octanol–water partition coefficient (Wildman–Crippen LogP) is 6.21. The molecule has 0 atom stereocenters. The average molecular weight is 308 g/mol. The highest BCUT2D eigenvalue weighted by Crippen LogP contribution is 2.37. The summed E-state index contributed by atoms with van der Waals surface area (Å²) in [4.78, 5) is 0. The van der Waals surface area contributed by atoms with E-state index in [4.69, 9.17) is 0 Å². The predicted molar refractivity (Wildman–Crippen MR) is 102 cm³/mol. The van der Waals surface area contributed by atoms with E-state index in [1.807, 2.05) is 0 Å². The molecule has 0 nitrogen and oxygen atoms in total. The average Bonchev–Trinajstić information content (AvgIpc) is 3.19. The van der Waals surface area contributed by atoms with Crippen molar-refractivity contribution in [1.29, 1.82) is 0 Å². The normalized spacial score (nSPS) is 13.3. The molecular formula is C24H20. The summed E-state index contributed by atoms with van der Waals surface area (Å²) >= 11 is 0. The van der Waals surface area contributed by atoms with Crippen molar-refractivity contribution in [2.75, 3.05) is 0 Å². The Labute approximate surface area is 143 Å². The zero-order chi connectivity index (χ0) is 16.2. The first-order valence-electron chi connectivity index (χ1n) is 8.48. The minimum absolute atomic E-state index is 0.255. The molecule has 24 heavy (non-hydrogen) atoms. The molecule has 4 rings (SSSR count). The van der Waals surface area contributed by atoms with Crippen LogP contribution in [0.3, 0.4) is 0 Å². The van der Waals surface area contributed by atoms with Crippen LogP contribution >= 0.6 is 0 Å². The number of hydrogen-bond donors (Lipinski definition) is 0. The summed E-state index contributed by atoms with van der Waals surface area (Å²) in [7, 11) is 0. The first-order chi connectivity index (χ1) is 11.9. The van der Waals surface area contributed by atoms with Gasteiger partial charge in [0, 0.05) is 5.92 Å². The molecule has 1 aliphatic rings. The summed E-state index contributed by atoms with van der Waals surface area (Å²) < 4.78 is 0. The van der Waals surface area contributed by atoms with Crippen molar-refractivity contribution in [3.05, 3.63) is 125 Å². The van der Waals surface area contributed by atoms with E-state index in [-0.39, 0.29) is 5.92 Å². The topological polar surface area (TPSA) is 0 Å². The fraction of sp³-hybridized carbons (Fsp3) is 0.0833. The van der Waals surface area contributed by atoms with Gasteiger partial charge in [0.05, 0.1) is 0 Å². The quantitative estimate of drug-likeness (QED) is 0.503. The Morgan fingerprint density at radius 3 is 1.79 bits per heavy atom. The fourth-order valence-corrected chi connectivity index (χ4v) is 3.53. The monoisotopic (exact) mass is 308 g/mol. The number of rotatable bonds is 4. The maximum Gasteiger partial charge on any atom is 0.0346 e. The van der Waals surface area contributed by atoms with Crippen LogP contribution in [0, 0.1) is 0 Å². The molecule has 0 heteroatoms. The fourth-order valence-electron chi connectivity index (χ4n) is 3.53. The first kappa shape index (κ1) is 14.7. The van der Waals surface area contributed by atoms with Gasteiger partial charge in [-0.2, -0.15) is 0 Å². The second-order valence-electron chi connectivity index (χ2n) is 6.17. The molecule has 0 heterocycles. The van der Waals surface area contributed by atoms with Crippen LogP contribution < -0.4 is 0 Å². The van der Waals surface area contributed by atoms with Gasteiger partial charge in [-0.3, -0.25) is 0 Å². The first-order valence-corrected chi connectivity index (χ1v) is 8.48. The van der Waals surface area contributed by atoms with Crippen molar-refractivity contribution in [1.82, 2.24) is 0 Å². The Morgan fingerprint density at radius 2 is 1.21 bits per heavy atom. The Bertz CT molecular complexity index is 831. The van der Waals surface area contributed by atoms with Gasteiger partial charge in [-0.15, -0.1) is 0 Å². The van der Waals surface area contributed by atoms with Gasteiger partial charge in [-0.05, 0) is 34.2 Å².